The van der Waals surface area contributed by atoms with Crippen LogP contribution in [0.2, 0.25) is 0 Å². The molecule has 0 aliphatic carbocycles. The zero-order chi connectivity index (χ0) is 35.7. The van der Waals surface area contributed by atoms with Crippen molar-refractivity contribution in [3.63, 3.8) is 0 Å². The number of aromatic amines is 1. The summed E-state index contributed by atoms with van der Waals surface area (Å²) in [6.45, 7) is 18.8. The number of carbonyl (C=O) groups excluding carboxylic acids is 1. The fourth-order valence-corrected chi connectivity index (χ4v) is 8.44. The van der Waals surface area contributed by atoms with Crippen LogP contribution in [0.25, 0.3) is 45.4 Å². The Morgan fingerprint density at radius 3 is 1.76 bits per heavy atom. The Morgan fingerprint density at radius 1 is 0.640 bits per heavy atom. The number of hydrogen-bond acceptors (Lipinski definition) is 4. The fourth-order valence-electron chi connectivity index (χ4n) is 8.44. The molecule has 8 bridgehead atoms. The SMILES string of the molecule is CCC1=C(c2ccccc2C(=O)OC)c2nc1c(CC)c1c(CC)c(CC)c(c(CC)c3nc(c(CC)c4ccc([nH]4)c2CC)C=C3)n1CC. The Morgan fingerprint density at radius 2 is 1.20 bits per heavy atom. The first-order chi connectivity index (χ1) is 24.3. The second-order valence-electron chi connectivity index (χ2n) is 13.0. The Balaban J connectivity index is 1.98. The number of aryl methyl sites for hydroxylation is 7. The van der Waals surface area contributed by atoms with Gasteiger partial charge in [0, 0.05) is 45.4 Å². The molecule has 0 saturated carbocycles. The van der Waals surface area contributed by atoms with E-state index in [4.69, 9.17) is 14.7 Å². The number of benzene rings is 1. The lowest BCUT2D eigenvalue weighted by atomic mass is 9.89. The van der Waals surface area contributed by atoms with E-state index in [1.807, 2.05) is 18.2 Å². The van der Waals surface area contributed by atoms with Gasteiger partial charge < -0.3 is 14.3 Å². The van der Waals surface area contributed by atoms with Crippen LogP contribution in [0, 0.1) is 0 Å². The van der Waals surface area contributed by atoms with Crippen molar-refractivity contribution in [1.29, 1.82) is 0 Å². The van der Waals surface area contributed by atoms with Crippen molar-refractivity contribution in [2.75, 3.05) is 7.11 Å². The predicted molar refractivity (Wildman–Crippen MR) is 209 cm³/mol. The molecular weight excluding hydrogens is 617 g/mol. The van der Waals surface area contributed by atoms with Gasteiger partial charge in [0.05, 0.1) is 46.5 Å². The van der Waals surface area contributed by atoms with Crippen molar-refractivity contribution < 1.29 is 9.53 Å². The van der Waals surface area contributed by atoms with E-state index >= 15 is 0 Å². The number of ether oxygens (including phenoxy) is 1. The summed E-state index contributed by atoms with van der Waals surface area (Å²) >= 11 is 0. The van der Waals surface area contributed by atoms with Gasteiger partial charge in [0.25, 0.3) is 0 Å². The first-order valence-electron chi connectivity index (χ1n) is 18.8. The first-order valence-corrected chi connectivity index (χ1v) is 18.8. The van der Waals surface area contributed by atoms with E-state index in [1.54, 1.807) is 0 Å². The third-order valence-corrected chi connectivity index (χ3v) is 10.7. The summed E-state index contributed by atoms with van der Waals surface area (Å²) in [5.74, 6) is -0.341. The molecule has 2 aliphatic heterocycles. The summed E-state index contributed by atoms with van der Waals surface area (Å²) < 4.78 is 7.90. The van der Waals surface area contributed by atoms with Crippen LogP contribution < -0.4 is 0 Å². The van der Waals surface area contributed by atoms with E-state index in [1.165, 1.54) is 51.5 Å². The van der Waals surface area contributed by atoms with Gasteiger partial charge in [0.15, 0.2) is 0 Å². The van der Waals surface area contributed by atoms with E-state index in [0.29, 0.717) is 5.56 Å². The topological polar surface area (TPSA) is 72.8 Å². The van der Waals surface area contributed by atoms with E-state index < -0.39 is 0 Å². The van der Waals surface area contributed by atoms with Crippen molar-refractivity contribution >= 4 is 51.3 Å². The standard InChI is InChI=1S/C44H52N4O2/c1-10-26-27(11-2)43-32(16-7)40-31(15-6)39(33-20-18-19-21-34(33)44(49)50-9)41(47-40)29(13-4)37-24-22-35(45-37)28(12-3)36-23-25-38(46-36)30(14-5)42(26)48(43)17-8/h18-25,45H,10-17H2,1-9H3. The molecule has 1 N–H and O–H groups in total. The van der Waals surface area contributed by atoms with Gasteiger partial charge in [-0.05, 0) is 104 Å². The summed E-state index contributed by atoms with van der Waals surface area (Å²) in [6, 6.07) is 12.2. The van der Waals surface area contributed by atoms with Crippen molar-refractivity contribution in [2.45, 2.75) is 107 Å². The number of aromatic nitrogens is 4. The van der Waals surface area contributed by atoms with Gasteiger partial charge in [-0.2, -0.15) is 0 Å². The fraction of sp³-hybridized carbons (Fsp3) is 0.386. The molecule has 0 fully saturated rings. The molecule has 1 aromatic carbocycles. The molecule has 2 aliphatic rings. The lowest BCUT2D eigenvalue weighted by molar-refractivity contribution is 0.0600. The van der Waals surface area contributed by atoms with Crippen LogP contribution in [-0.2, 0) is 49.8 Å². The predicted octanol–water partition coefficient (Wildman–Crippen LogP) is 10.5. The highest BCUT2D eigenvalue weighted by molar-refractivity contribution is 6.07. The lowest BCUT2D eigenvalue weighted by Gasteiger charge is -2.14. The molecule has 5 heterocycles. The van der Waals surface area contributed by atoms with Gasteiger partial charge in [-0.3, -0.25) is 0 Å². The Kier molecular flexibility index (Phi) is 10.3. The molecule has 0 spiro atoms. The van der Waals surface area contributed by atoms with Crippen LogP contribution in [-0.4, -0.2) is 32.6 Å². The largest absolute Gasteiger partial charge is 0.465 e. The van der Waals surface area contributed by atoms with Crippen molar-refractivity contribution in [3.05, 3.63) is 104 Å². The normalized spacial score (nSPS) is 12.7. The lowest BCUT2D eigenvalue weighted by Crippen LogP contribution is -2.06. The van der Waals surface area contributed by atoms with Gasteiger partial charge in [0.2, 0.25) is 0 Å². The van der Waals surface area contributed by atoms with Crippen molar-refractivity contribution in [3.8, 4) is 0 Å². The zero-order valence-electron chi connectivity index (χ0n) is 31.4. The molecule has 6 rings (SSSR count). The van der Waals surface area contributed by atoms with E-state index in [0.717, 1.165) is 102 Å². The van der Waals surface area contributed by atoms with Gasteiger partial charge in [-0.1, -0.05) is 66.7 Å². The maximum atomic E-state index is 13.3. The Labute approximate surface area is 297 Å². The third kappa shape index (κ3) is 5.53. The number of fused-ring (bicyclic) bond motifs is 8. The number of H-pyrrole nitrogens is 1. The highest BCUT2D eigenvalue weighted by atomic mass is 16.5. The number of nitrogens with zero attached hydrogens (tertiary/aromatic N) is 3. The molecule has 0 saturated heterocycles. The number of nitrogens with one attached hydrogen (secondary N) is 1. The minimum atomic E-state index is -0.341. The second-order valence-corrected chi connectivity index (χ2v) is 13.0. The molecule has 4 aromatic rings. The Hall–Kier alpha value is -4.71. The summed E-state index contributed by atoms with van der Waals surface area (Å²) in [5.41, 5.74) is 20.1. The molecule has 6 nitrogen and oxygen atoms in total. The first kappa shape index (κ1) is 35.1. The maximum Gasteiger partial charge on any atom is 0.338 e. The minimum Gasteiger partial charge on any atom is -0.465 e. The molecule has 0 amide bonds. The summed E-state index contributed by atoms with van der Waals surface area (Å²) in [4.78, 5) is 28.1. The molecular formula is C44H52N4O2. The number of allylic oxidation sites excluding steroid dienone is 1. The quantitative estimate of drug-likeness (QED) is 0.150. The van der Waals surface area contributed by atoms with Crippen LogP contribution in [0.1, 0.15) is 134 Å². The number of rotatable bonds is 10. The molecule has 50 heavy (non-hydrogen) atoms. The smallest absolute Gasteiger partial charge is 0.338 e. The average molecular weight is 669 g/mol. The second kappa shape index (κ2) is 14.6. The molecule has 3 aromatic heterocycles. The van der Waals surface area contributed by atoms with Crippen LogP contribution in [0.5, 0.6) is 0 Å². The molecule has 260 valence electrons. The van der Waals surface area contributed by atoms with Crippen LogP contribution in [0.4, 0.5) is 0 Å². The van der Waals surface area contributed by atoms with Gasteiger partial charge >= 0.3 is 5.97 Å². The molecule has 0 unspecified atom stereocenters. The summed E-state index contributed by atoms with van der Waals surface area (Å²) in [5, 5.41) is 0. The van der Waals surface area contributed by atoms with Gasteiger partial charge in [0.1, 0.15) is 0 Å². The number of hydrogen-bond donors (Lipinski definition) is 1. The van der Waals surface area contributed by atoms with Crippen LogP contribution in [0.15, 0.2) is 36.4 Å². The van der Waals surface area contributed by atoms with Crippen molar-refractivity contribution in [1.82, 2.24) is 19.5 Å². The molecule has 6 heteroatoms. The molecule has 0 atom stereocenters. The van der Waals surface area contributed by atoms with Gasteiger partial charge in [-0.25, -0.2) is 14.8 Å². The van der Waals surface area contributed by atoms with Crippen LogP contribution >= 0.6 is 0 Å². The van der Waals surface area contributed by atoms with Crippen molar-refractivity contribution in [2.24, 2.45) is 0 Å². The Bertz CT molecular complexity index is 2210. The maximum absolute atomic E-state index is 13.3. The van der Waals surface area contributed by atoms with Crippen LogP contribution in [0.3, 0.4) is 0 Å². The number of methoxy groups -OCH3 is 1. The number of carbonyl (C=O) groups is 1. The monoisotopic (exact) mass is 668 g/mol. The highest BCUT2D eigenvalue weighted by Crippen LogP contribution is 2.44. The third-order valence-electron chi connectivity index (χ3n) is 10.7. The van der Waals surface area contributed by atoms with E-state index in [9.17, 15) is 4.79 Å². The highest BCUT2D eigenvalue weighted by Gasteiger charge is 2.30. The van der Waals surface area contributed by atoms with E-state index in [-0.39, 0.29) is 5.97 Å². The molecule has 0 radical (unpaired) electrons. The zero-order valence-corrected chi connectivity index (χ0v) is 31.4. The van der Waals surface area contributed by atoms with Gasteiger partial charge in [-0.15, -0.1) is 0 Å². The number of esters is 1. The minimum absolute atomic E-state index is 0.341. The van der Waals surface area contributed by atoms with E-state index in [2.05, 4.69) is 95.3 Å². The summed E-state index contributed by atoms with van der Waals surface area (Å²) in [7, 11) is 1.46. The average Bonchev–Trinajstić information content (AvgIpc) is 3.95. The summed E-state index contributed by atoms with van der Waals surface area (Å²) in [6.07, 6.45) is 10.4.